The van der Waals surface area contributed by atoms with Crippen molar-refractivity contribution in [2.75, 3.05) is 44.5 Å². The summed E-state index contributed by atoms with van der Waals surface area (Å²) in [5.74, 6) is 0.573. The SMILES string of the molecule is CNc1nc2c(N)ncnc2n1[C@@H]1O[C@H](CN(CO)CCCN)[C@@H](O)[C@H]1O. The molecule has 0 radical (unpaired) electrons. The molecular formula is C15H26N8O4. The molecule has 3 heterocycles. The number of fused-ring (bicyclic) bond motifs is 1. The van der Waals surface area contributed by atoms with Gasteiger partial charge in [0.05, 0.1) is 6.73 Å². The molecule has 0 amide bonds. The summed E-state index contributed by atoms with van der Waals surface area (Å²) in [4.78, 5) is 14.1. The lowest BCUT2D eigenvalue weighted by Crippen LogP contribution is -2.41. The van der Waals surface area contributed by atoms with E-state index in [1.807, 2.05) is 0 Å². The van der Waals surface area contributed by atoms with E-state index in [1.165, 1.54) is 6.33 Å². The molecule has 0 aromatic carbocycles. The molecule has 0 spiro atoms. The van der Waals surface area contributed by atoms with Crippen LogP contribution in [-0.2, 0) is 4.74 Å². The molecule has 150 valence electrons. The van der Waals surface area contributed by atoms with Crippen LogP contribution in [0.5, 0.6) is 0 Å². The van der Waals surface area contributed by atoms with Crippen molar-refractivity contribution in [1.82, 2.24) is 24.4 Å². The van der Waals surface area contributed by atoms with E-state index in [1.54, 1.807) is 16.5 Å². The first kappa shape index (κ1) is 19.7. The number of aliphatic hydroxyl groups is 3. The van der Waals surface area contributed by atoms with Crippen molar-refractivity contribution in [3.8, 4) is 0 Å². The number of nitrogens with zero attached hydrogens (tertiary/aromatic N) is 5. The third-order valence-corrected chi connectivity index (χ3v) is 4.64. The molecular weight excluding hydrogens is 356 g/mol. The Morgan fingerprint density at radius 1 is 1.33 bits per heavy atom. The Bertz CT molecular complexity index is 772. The number of hydrogen-bond acceptors (Lipinski definition) is 11. The van der Waals surface area contributed by atoms with Crippen LogP contribution in [0, 0.1) is 0 Å². The number of anilines is 2. The molecule has 0 unspecified atom stereocenters. The fourth-order valence-electron chi connectivity index (χ4n) is 3.23. The maximum atomic E-state index is 10.6. The van der Waals surface area contributed by atoms with Gasteiger partial charge in [-0.3, -0.25) is 9.47 Å². The van der Waals surface area contributed by atoms with Crippen LogP contribution in [-0.4, -0.2) is 91.5 Å². The highest BCUT2D eigenvalue weighted by atomic mass is 16.6. The molecule has 12 heteroatoms. The number of ether oxygens (including phenoxy) is 1. The van der Waals surface area contributed by atoms with Crippen LogP contribution in [0.2, 0.25) is 0 Å². The minimum absolute atomic E-state index is 0.202. The van der Waals surface area contributed by atoms with Gasteiger partial charge >= 0.3 is 0 Å². The summed E-state index contributed by atoms with van der Waals surface area (Å²) < 4.78 is 7.48. The van der Waals surface area contributed by atoms with Crippen molar-refractivity contribution < 1.29 is 20.1 Å². The first-order chi connectivity index (χ1) is 13.0. The molecule has 4 atom stereocenters. The molecule has 0 bridgehead atoms. The second-order valence-electron chi connectivity index (χ2n) is 6.39. The van der Waals surface area contributed by atoms with Crippen LogP contribution in [0.3, 0.4) is 0 Å². The van der Waals surface area contributed by atoms with Crippen LogP contribution in [0.15, 0.2) is 6.33 Å². The molecule has 8 N–H and O–H groups in total. The summed E-state index contributed by atoms with van der Waals surface area (Å²) in [5.41, 5.74) is 12.1. The Morgan fingerprint density at radius 3 is 2.78 bits per heavy atom. The maximum absolute atomic E-state index is 10.6. The molecule has 1 saturated heterocycles. The molecule has 0 aliphatic carbocycles. The molecule has 1 aliphatic heterocycles. The smallest absolute Gasteiger partial charge is 0.207 e. The summed E-state index contributed by atoms with van der Waals surface area (Å²) in [6.07, 6.45) is -2.01. The highest BCUT2D eigenvalue weighted by Gasteiger charge is 2.45. The molecule has 27 heavy (non-hydrogen) atoms. The Hall–Kier alpha value is -2.09. The van der Waals surface area contributed by atoms with E-state index in [4.69, 9.17) is 16.2 Å². The summed E-state index contributed by atoms with van der Waals surface area (Å²) in [5, 5.41) is 33.5. The van der Waals surface area contributed by atoms with Crippen molar-refractivity contribution in [3.05, 3.63) is 6.33 Å². The average Bonchev–Trinajstić information content (AvgIpc) is 3.18. The van der Waals surface area contributed by atoms with Gasteiger partial charge in [-0.15, -0.1) is 0 Å². The normalized spacial score (nSPS) is 25.6. The Labute approximate surface area is 155 Å². The second-order valence-corrected chi connectivity index (χ2v) is 6.39. The largest absolute Gasteiger partial charge is 0.387 e. The van der Waals surface area contributed by atoms with Gasteiger partial charge in [0.15, 0.2) is 23.2 Å². The average molecular weight is 382 g/mol. The molecule has 12 nitrogen and oxygen atoms in total. The van der Waals surface area contributed by atoms with Gasteiger partial charge < -0.3 is 36.8 Å². The monoisotopic (exact) mass is 382 g/mol. The second kappa shape index (κ2) is 8.29. The van der Waals surface area contributed by atoms with Crippen molar-refractivity contribution in [2.24, 2.45) is 5.73 Å². The zero-order valence-electron chi connectivity index (χ0n) is 15.1. The maximum Gasteiger partial charge on any atom is 0.207 e. The van der Waals surface area contributed by atoms with Gasteiger partial charge in [0, 0.05) is 20.1 Å². The molecule has 2 aromatic heterocycles. The number of aromatic nitrogens is 4. The number of aliphatic hydroxyl groups excluding tert-OH is 3. The third-order valence-electron chi connectivity index (χ3n) is 4.64. The fraction of sp³-hybridized carbons (Fsp3) is 0.667. The van der Waals surface area contributed by atoms with Gasteiger partial charge in [-0.2, -0.15) is 0 Å². The highest BCUT2D eigenvalue weighted by molar-refractivity contribution is 5.84. The van der Waals surface area contributed by atoms with E-state index in [0.29, 0.717) is 36.6 Å². The van der Waals surface area contributed by atoms with E-state index in [2.05, 4.69) is 20.3 Å². The third kappa shape index (κ3) is 3.67. The van der Waals surface area contributed by atoms with Gasteiger partial charge in [0.2, 0.25) is 5.95 Å². The zero-order chi connectivity index (χ0) is 19.6. The lowest BCUT2D eigenvalue weighted by Gasteiger charge is -2.24. The van der Waals surface area contributed by atoms with Gasteiger partial charge in [0.25, 0.3) is 0 Å². The lowest BCUT2D eigenvalue weighted by atomic mass is 10.1. The van der Waals surface area contributed by atoms with Crippen LogP contribution >= 0.6 is 0 Å². The first-order valence-corrected chi connectivity index (χ1v) is 8.72. The van der Waals surface area contributed by atoms with Crippen LogP contribution in [0.25, 0.3) is 11.2 Å². The molecule has 0 saturated carbocycles. The molecule has 3 rings (SSSR count). The topological polar surface area (TPSA) is 181 Å². The highest BCUT2D eigenvalue weighted by Crippen LogP contribution is 2.35. The van der Waals surface area contributed by atoms with E-state index in [-0.39, 0.29) is 19.1 Å². The van der Waals surface area contributed by atoms with E-state index in [9.17, 15) is 15.3 Å². The Kier molecular flexibility index (Phi) is 6.04. The van der Waals surface area contributed by atoms with E-state index >= 15 is 0 Å². The summed E-state index contributed by atoms with van der Waals surface area (Å²) in [6, 6.07) is 0. The van der Waals surface area contributed by atoms with Gasteiger partial charge in [-0.1, -0.05) is 0 Å². The number of nitrogen functional groups attached to an aromatic ring is 1. The summed E-state index contributed by atoms with van der Waals surface area (Å²) in [6.45, 7) is 1.08. The minimum Gasteiger partial charge on any atom is -0.387 e. The number of rotatable bonds is 8. The van der Waals surface area contributed by atoms with Crippen molar-refractivity contribution in [1.29, 1.82) is 0 Å². The van der Waals surface area contributed by atoms with Crippen molar-refractivity contribution in [3.63, 3.8) is 0 Å². The predicted molar refractivity (Wildman–Crippen MR) is 97.5 cm³/mol. The zero-order valence-corrected chi connectivity index (χ0v) is 15.1. The molecule has 1 aliphatic rings. The van der Waals surface area contributed by atoms with Crippen molar-refractivity contribution >= 4 is 22.9 Å². The molecule has 2 aromatic rings. The first-order valence-electron chi connectivity index (χ1n) is 8.72. The number of hydrogen-bond donors (Lipinski definition) is 6. The van der Waals surface area contributed by atoms with Crippen LogP contribution in [0.1, 0.15) is 12.6 Å². The van der Waals surface area contributed by atoms with Gasteiger partial charge in [-0.05, 0) is 13.0 Å². The predicted octanol–water partition coefficient (Wildman–Crippen LogP) is -2.33. The van der Waals surface area contributed by atoms with Crippen molar-refractivity contribution in [2.45, 2.75) is 31.0 Å². The number of imidazole rings is 1. The number of nitrogens with two attached hydrogens (primary N) is 2. The Balaban J connectivity index is 1.88. The van der Waals surface area contributed by atoms with Gasteiger partial charge in [0.1, 0.15) is 24.6 Å². The Morgan fingerprint density at radius 2 is 2.11 bits per heavy atom. The number of nitrogens with one attached hydrogen (secondary N) is 1. The minimum atomic E-state index is -1.22. The fourth-order valence-corrected chi connectivity index (χ4v) is 3.23. The quantitative estimate of drug-likeness (QED) is 0.269. The van der Waals surface area contributed by atoms with Crippen LogP contribution < -0.4 is 16.8 Å². The molecule has 1 fully saturated rings. The van der Waals surface area contributed by atoms with Gasteiger partial charge in [-0.25, -0.2) is 15.0 Å². The van der Waals surface area contributed by atoms with E-state index in [0.717, 1.165) is 0 Å². The van der Waals surface area contributed by atoms with E-state index < -0.39 is 24.5 Å². The standard InChI is InChI=1S/C15H26N8O4/c1-18-15-21-9-12(17)19-6-20-13(9)23(15)14-11(26)10(25)8(27-14)5-22(7-24)4-2-3-16/h6,8,10-11,14,24-26H,2-5,7,16H2,1H3,(H,18,21)(H2,17,19,20)/t8-,10-,11-,14-/m1/s1. The lowest BCUT2D eigenvalue weighted by molar-refractivity contribution is -0.0509. The summed E-state index contributed by atoms with van der Waals surface area (Å²) >= 11 is 0. The summed E-state index contributed by atoms with van der Waals surface area (Å²) in [7, 11) is 1.66. The van der Waals surface area contributed by atoms with Crippen LogP contribution in [0.4, 0.5) is 11.8 Å².